The zero-order valence-corrected chi connectivity index (χ0v) is 34.6. The number of unbranched alkanes of at least 4 members (excludes halogenated alkanes) is 2. The summed E-state index contributed by atoms with van der Waals surface area (Å²) in [5.41, 5.74) is 8.53. The quantitative estimate of drug-likeness (QED) is 0.188. The number of hydrogen-bond donors (Lipinski definition) is 1. The molecule has 1 aliphatic carbocycles. The lowest BCUT2D eigenvalue weighted by atomic mass is 9.98. The van der Waals surface area contributed by atoms with E-state index < -0.39 is 0 Å². The van der Waals surface area contributed by atoms with Crippen LogP contribution < -0.4 is 0 Å². The van der Waals surface area contributed by atoms with Crippen molar-refractivity contribution in [3.63, 3.8) is 0 Å². The van der Waals surface area contributed by atoms with Gasteiger partial charge in [-0.25, -0.2) is 0 Å². The molecule has 3 aromatic carbocycles. The van der Waals surface area contributed by atoms with Crippen molar-refractivity contribution in [2.24, 2.45) is 34.6 Å². The fourth-order valence-corrected chi connectivity index (χ4v) is 5.95. The van der Waals surface area contributed by atoms with Crippen LogP contribution in [0.15, 0.2) is 102 Å². The lowest BCUT2D eigenvalue weighted by Gasteiger charge is -2.07. The van der Waals surface area contributed by atoms with Gasteiger partial charge >= 0.3 is 0 Å². The number of phenols is 1. The number of aromatic hydroxyl groups is 1. The van der Waals surface area contributed by atoms with Gasteiger partial charge in [0, 0.05) is 18.3 Å². The Kier molecular flexibility index (Phi) is 24.4. The molecule has 0 atom stereocenters. The molecule has 1 N–H and O–H groups in total. The van der Waals surface area contributed by atoms with Gasteiger partial charge in [-0.2, -0.15) is 0 Å². The molecule has 0 fully saturated rings. The maximum Gasteiger partial charge on any atom is 0.115 e. The minimum absolute atomic E-state index is 0.345. The van der Waals surface area contributed by atoms with Crippen molar-refractivity contribution in [1.29, 1.82) is 0 Å². The molecule has 1 aliphatic heterocycles. The van der Waals surface area contributed by atoms with Crippen LogP contribution in [0.2, 0.25) is 0 Å². The summed E-state index contributed by atoms with van der Waals surface area (Å²) >= 11 is 0. The Morgan fingerprint density at radius 2 is 1.12 bits per heavy atom. The van der Waals surface area contributed by atoms with Gasteiger partial charge in [0.25, 0.3) is 0 Å². The monoisotopic (exact) mass is 694 g/mol. The fourth-order valence-electron chi connectivity index (χ4n) is 5.95. The van der Waals surface area contributed by atoms with Gasteiger partial charge in [0.2, 0.25) is 0 Å². The molecule has 1 heterocycles. The summed E-state index contributed by atoms with van der Waals surface area (Å²) in [5, 5.41) is 8.99. The van der Waals surface area contributed by atoms with Gasteiger partial charge < -0.3 is 5.11 Å². The number of rotatable bonds is 12. The van der Waals surface area contributed by atoms with E-state index in [0.717, 1.165) is 49.4 Å². The van der Waals surface area contributed by atoms with Crippen LogP contribution in [0.25, 0.3) is 5.57 Å². The molecule has 0 bridgehead atoms. The molecule has 0 amide bonds. The minimum Gasteiger partial charge on any atom is -0.508 e. The summed E-state index contributed by atoms with van der Waals surface area (Å²) in [6.45, 7) is 24.7. The Hall–Kier alpha value is -3.39. The normalized spacial score (nSPS) is 12.6. The Bertz CT molecular complexity index is 1370. The van der Waals surface area contributed by atoms with Crippen LogP contribution in [0, 0.1) is 29.6 Å². The first-order valence-electron chi connectivity index (χ1n) is 20.1. The average Bonchev–Trinajstić information content (AvgIpc) is 3.73. The minimum atomic E-state index is 0.345. The summed E-state index contributed by atoms with van der Waals surface area (Å²) in [6.07, 6.45) is 19.0. The van der Waals surface area contributed by atoms with E-state index in [0.29, 0.717) is 11.7 Å². The van der Waals surface area contributed by atoms with E-state index in [1.807, 2.05) is 18.3 Å². The van der Waals surface area contributed by atoms with Crippen molar-refractivity contribution in [2.75, 3.05) is 0 Å². The predicted octanol–water partition coefficient (Wildman–Crippen LogP) is 14.8. The zero-order chi connectivity index (χ0) is 38.0. The molecule has 2 aliphatic rings. The topological polar surface area (TPSA) is 32.6 Å². The lowest BCUT2D eigenvalue weighted by Crippen LogP contribution is -1.92. The summed E-state index contributed by atoms with van der Waals surface area (Å²) in [7, 11) is 0. The maximum atomic E-state index is 8.99. The standard InChI is InChI=1S/C13H16.C10H14O.C10H14.C8H13N.C8H18/c1-10(2)9-12-8-7-11-5-3-4-6-13(11)12;1-8(2)7-9-3-5-10(11)6-4-9;1-9(2)8-10-6-4-3-5-7-10;1-7(2)6-8-4-3-5-9-8;1-4-5-6-7-8(2)3/h3-6,8,10H,7,9H2,1-2H3;3-6,8,11H,7H2,1-2H3;3-7,9H,8H2,1-2H3;4-5,7H,3,6H2,1-2H3;8H,4-7H2,1-3H3. The highest BCUT2D eigenvalue weighted by Crippen LogP contribution is 2.31. The molecule has 0 unspecified atom stereocenters. The lowest BCUT2D eigenvalue weighted by molar-refractivity contribution is 0.475. The van der Waals surface area contributed by atoms with Crippen LogP contribution in [0.3, 0.4) is 0 Å². The van der Waals surface area contributed by atoms with Crippen LogP contribution in [0.4, 0.5) is 0 Å². The number of benzene rings is 3. The fraction of sp³-hybridized carbons (Fsp3) is 0.531. The SMILES string of the molecule is CC(C)CC1=CCC=N1.CC(C)CC1=CCc2ccccc21.CC(C)Cc1ccc(O)cc1.CC(C)Cc1ccccc1.CCCCCC(C)C. The molecule has 0 spiro atoms. The smallest absolute Gasteiger partial charge is 0.115 e. The van der Waals surface area contributed by atoms with Crippen molar-refractivity contribution in [3.8, 4) is 5.75 Å². The van der Waals surface area contributed by atoms with Gasteiger partial charge in [-0.3, -0.25) is 4.99 Å². The third kappa shape index (κ3) is 23.7. The number of phenolic OH excluding ortho intramolecular Hbond substituents is 1. The molecule has 2 heteroatoms. The highest BCUT2D eigenvalue weighted by atomic mass is 16.3. The second kappa shape index (κ2) is 27.3. The molecule has 0 saturated carbocycles. The van der Waals surface area contributed by atoms with E-state index in [2.05, 4.69) is 148 Å². The van der Waals surface area contributed by atoms with Crippen molar-refractivity contribution in [1.82, 2.24) is 0 Å². The van der Waals surface area contributed by atoms with E-state index in [1.54, 1.807) is 17.7 Å². The van der Waals surface area contributed by atoms with Crippen molar-refractivity contribution in [3.05, 3.63) is 119 Å². The second-order valence-corrected chi connectivity index (χ2v) is 16.3. The Morgan fingerprint density at radius 1 is 0.569 bits per heavy atom. The summed E-state index contributed by atoms with van der Waals surface area (Å²) in [4.78, 5) is 4.21. The zero-order valence-electron chi connectivity index (χ0n) is 34.6. The number of allylic oxidation sites excluding steroid dienone is 4. The van der Waals surface area contributed by atoms with Crippen LogP contribution >= 0.6 is 0 Å². The van der Waals surface area contributed by atoms with Crippen molar-refractivity contribution in [2.45, 2.75) is 140 Å². The molecule has 2 nitrogen and oxygen atoms in total. The van der Waals surface area contributed by atoms with E-state index in [9.17, 15) is 0 Å². The number of nitrogens with zero attached hydrogens (tertiary/aromatic N) is 1. The van der Waals surface area contributed by atoms with Gasteiger partial charge in [0.05, 0.1) is 0 Å². The summed E-state index contributed by atoms with van der Waals surface area (Å²) in [5.74, 6) is 4.20. The van der Waals surface area contributed by atoms with Crippen molar-refractivity contribution < 1.29 is 5.11 Å². The predicted molar refractivity (Wildman–Crippen MR) is 229 cm³/mol. The molecule has 0 radical (unpaired) electrons. The van der Waals surface area contributed by atoms with Gasteiger partial charge in [-0.05, 0) is 102 Å². The molecular weight excluding hydrogens is 619 g/mol. The Morgan fingerprint density at radius 3 is 1.63 bits per heavy atom. The first-order chi connectivity index (χ1) is 24.3. The van der Waals surface area contributed by atoms with Crippen LogP contribution in [0.1, 0.15) is 143 Å². The summed E-state index contributed by atoms with van der Waals surface area (Å²) < 4.78 is 0. The van der Waals surface area contributed by atoms with E-state index in [4.69, 9.17) is 5.11 Å². The number of hydrogen-bond acceptors (Lipinski definition) is 2. The largest absolute Gasteiger partial charge is 0.508 e. The van der Waals surface area contributed by atoms with Gasteiger partial charge in [-0.15, -0.1) is 0 Å². The van der Waals surface area contributed by atoms with E-state index in [1.165, 1.54) is 66.5 Å². The molecule has 0 aromatic heterocycles. The summed E-state index contributed by atoms with van der Waals surface area (Å²) in [6, 6.07) is 26.8. The van der Waals surface area contributed by atoms with Gasteiger partial charge in [-0.1, -0.05) is 181 Å². The molecule has 5 rings (SSSR count). The van der Waals surface area contributed by atoms with Crippen LogP contribution in [-0.4, -0.2) is 11.3 Å². The van der Waals surface area contributed by atoms with Gasteiger partial charge in [0.15, 0.2) is 0 Å². The first kappa shape index (κ1) is 45.6. The molecule has 282 valence electrons. The second-order valence-electron chi connectivity index (χ2n) is 16.3. The molecule has 3 aromatic rings. The van der Waals surface area contributed by atoms with E-state index >= 15 is 0 Å². The van der Waals surface area contributed by atoms with Crippen molar-refractivity contribution >= 4 is 11.8 Å². The third-order valence-corrected chi connectivity index (χ3v) is 8.35. The highest BCUT2D eigenvalue weighted by molar-refractivity contribution is 5.73. The highest BCUT2D eigenvalue weighted by Gasteiger charge is 2.13. The Labute approximate surface area is 315 Å². The third-order valence-electron chi connectivity index (χ3n) is 8.35. The maximum absolute atomic E-state index is 8.99. The average molecular weight is 694 g/mol. The Balaban J connectivity index is 0.000000322. The molecule has 51 heavy (non-hydrogen) atoms. The molecular formula is C49H75NO. The van der Waals surface area contributed by atoms with E-state index in [-0.39, 0.29) is 0 Å². The molecule has 0 saturated heterocycles. The van der Waals surface area contributed by atoms with Crippen LogP contribution in [0.5, 0.6) is 5.75 Å². The van der Waals surface area contributed by atoms with Crippen LogP contribution in [-0.2, 0) is 19.3 Å². The first-order valence-corrected chi connectivity index (χ1v) is 20.1. The number of aliphatic imine (C=N–C) groups is 1. The van der Waals surface area contributed by atoms with Gasteiger partial charge in [0.1, 0.15) is 5.75 Å². The number of fused-ring (bicyclic) bond motifs is 1.